The molecule has 0 fully saturated rings. The number of hydrogen-bond acceptors (Lipinski definition) is 3. The van der Waals surface area contributed by atoms with Crippen molar-refractivity contribution in [1.82, 2.24) is 0 Å². The number of rotatable bonds is 6. The van der Waals surface area contributed by atoms with Crippen LogP contribution in [0.3, 0.4) is 0 Å². The Balaban J connectivity index is 2.38. The summed E-state index contributed by atoms with van der Waals surface area (Å²) in [5, 5.41) is 18.4. The van der Waals surface area contributed by atoms with Gasteiger partial charge in [0.25, 0.3) is 0 Å². The summed E-state index contributed by atoms with van der Waals surface area (Å²) in [6.07, 6.45) is 3.46. The van der Waals surface area contributed by atoms with E-state index in [1.165, 1.54) is 12.1 Å². The fourth-order valence-corrected chi connectivity index (χ4v) is 4.21. The van der Waals surface area contributed by atoms with Gasteiger partial charge >= 0.3 is 5.97 Å². The minimum absolute atomic E-state index is 0.189. The first-order valence-corrected chi connectivity index (χ1v) is 9.30. The van der Waals surface area contributed by atoms with Crippen molar-refractivity contribution in [2.45, 2.75) is 0 Å². The Labute approximate surface area is 173 Å². The summed E-state index contributed by atoms with van der Waals surface area (Å²) >= 11 is 4.39. The van der Waals surface area contributed by atoms with Crippen LogP contribution >= 0.6 is 45.2 Å². The average Bonchev–Trinajstić information content (AvgIpc) is 2.59. The van der Waals surface area contributed by atoms with Gasteiger partial charge < -0.3 is 9.84 Å². The van der Waals surface area contributed by atoms with E-state index >= 15 is 0 Å². The Morgan fingerprint density at radius 1 is 1.20 bits per heavy atom. The Bertz CT molecular complexity index is 858. The number of nitrogens with zero attached hydrogens (tertiary/aromatic N) is 1. The molecular weight excluding hydrogens is 544 g/mol. The summed E-state index contributed by atoms with van der Waals surface area (Å²) in [7, 11) is 0. The normalized spacial score (nSPS) is 10.8. The van der Waals surface area contributed by atoms with Crippen molar-refractivity contribution < 1.29 is 14.6 Å². The minimum Gasteiger partial charge on any atom is -0.487 e. The third-order valence-corrected chi connectivity index (χ3v) is 4.84. The SMILES string of the molecule is C=CCOc1c(I)cc(/C=C(/C#N)c2ccc(C(=O)O)cc2)cc1I. The van der Waals surface area contributed by atoms with Gasteiger partial charge in [-0.3, -0.25) is 0 Å². The first kappa shape index (κ1) is 19.5. The molecule has 6 heteroatoms. The Hall–Kier alpha value is -1.86. The van der Waals surface area contributed by atoms with Gasteiger partial charge in [-0.2, -0.15) is 5.26 Å². The summed E-state index contributed by atoms with van der Waals surface area (Å²) in [5.41, 5.74) is 2.19. The number of carboxylic acid groups (broad SMARTS) is 1. The highest BCUT2D eigenvalue weighted by molar-refractivity contribution is 14.1. The van der Waals surface area contributed by atoms with E-state index in [1.807, 2.05) is 12.1 Å². The molecule has 0 aliphatic heterocycles. The van der Waals surface area contributed by atoms with E-state index < -0.39 is 5.97 Å². The summed E-state index contributed by atoms with van der Waals surface area (Å²) < 4.78 is 7.53. The number of nitriles is 1. The fourth-order valence-electron chi connectivity index (χ4n) is 2.08. The summed E-state index contributed by atoms with van der Waals surface area (Å²) in [4.78, 5) is 10.9. The first-order chi connectivity index (χ1) is 12.0. The molecule has 2 aromatic rings. The highest BCUT2D eigenvalue weighted by Crippen LogP contribution is 2.30. The second kappa shape index (κ2) is 9.01. The van der Waals surface area contributed by atoms with E-state index in [0.717, 1.165) is 18.5 Å². The van der Waals surface area contributed by atoms with E-state index in [4.69, 9.17) is 9.84 Å². The van der Waals surface area contributed by atoms with Crippen molar-refractivity contribution in [3.63, 3.8) is 0 Å². The number of allylic oxidation sites excluding steroid dienone is 1. The van der Waals surface area contributed by atoms with Crippen LogP contribution in [0.2, 0.25) is 0 Å². The van der Waals surface area contributed by atoms with Crippen LogP contribution in [0.1, 0.15) is 21.5 Å². The summed E-state index contributed by atoms with van der Waals surface area (Å²) in [6.45, 7) is 4.07. The molecule has 0 bridgehead atoms. The molecule has 1 N–H and O–H groups in total. The molecule has 0 radical (unpaired) electrons. The molecule has 4 nitrogen and oxygen atoms in total. The molecule has 126 valence electrons. The predicted octanol–water partition coefficient (Wildman–Crippen LogP) is 5.22. The third-order valence-electron chi connectivity index (χ3n) is 3.24. The van der Waals surface area contributed by atoms with Gasteiger partial charge in [-0.25, -0.2) is 4.79 Å². The Kier molecular flexibility index (Phi) is 7.01. The molecule has 0 unspecified atom stereocenters. The Morgan fingerprint density at radius 2 is 1.76 bits per heavy atom. The van der Waals surface area contributed by atoms with Gasteiger partial charge in [-0.15, -0.1) is 0 Å². The number of carboxylic acids is 1. The van der Waals surface area contributed by atoms with Crippen LogP contribution in [0.5, 0.6) is 5.75 Å². The molecule has 25 heavy (non-hydrogen) atoms. The first-order valence-electron chi connectivity index (χ1n) is 7.14. The van der Waals surface area contributed by atoms with Crippen molar-refractivity contribution in [2.24, 2.45) is 0 Å². The van der Waals surface area contributed by atoms with Crippen LogP contribution < -0.4 is 4.74 Å². The highest BCUT2D eigenvalue weighted by atomic mass is 127. The van der Waals surface area contributed by atoms with Crippen LogP contribution in [0, 0.1) is 18.5 Å². The summed E-state index contributed by atoms with van der Waals surface area (Å²) in [6, 6.07) is 12.3. The molecule has 2 rings (SSSR count). The van der Waals surface area contributed by atoms with Gasteiger partial charge in [0.1, 0.15) is 12.4 Å². The molecule has 0 heterocycles. The Morgan fingerprint density at radius 3 is 2.24 bits per heavy atom. The molecule has 0 amide bonds. The van der Waals surface area contributed by atoms with Crippen molar-refractivity contribution in [2.75, 3.05) is 6.61 Å². The number of benzene rings is 2. The largest absolute Gasteiger partial charge is 0.487 e. The molecule has 0 atom stereocenters. The fraction of sp³-hybridized carbons (Fsp3) is 0.0526. The van der Waals surface area contributed by atoms with Crippen LogP contribution in [0.4, 0.5) is 0 Å². The van der Waals surface area contributed by atoms with Gasteiger partial charge in [-0.05, 0) is 86.7 Å². The molecular formula is C19H13I2NO3. The summed E-state index contributed by atoms with van der Waals surface area (Å²) in [5.74, 6) is -0.198. The van der Waals surface area contributed by atoms with Gasteiger partial charge in [-0.1, -0.05) is 24.8 Å². The van der Waals surface area contributed by atoms with Crippen molar-refractivity contribution >= 4 is 62.8 Å². The lowest BCUT2D eigenvalue weighted by molar-refractivity contribution is 0.0697. The van der Waals surface area contributed by atoms with Crippen molar-refractivity contribution in [1.29, 1.82) is 5.26 Å². The van der Waals surface area contributed by atoms with Crippen LogP contribution in [-0.2, 0) is 0 Å². The lowest BCUT2D eigenvalue weighted by Gasteiger charge is -2.10. The average molecular weight is 557 g/mol. The number of aromatic carboxylic acids is 1. The van der Waals surface area contributed by atoms with E-state index in [-0.39, 0.29) is 5.56 Å². The maximum absolute atomic E-state index is 10.9. The number of hydrogen-bond donors (Lipinski definition) is 1. The molecule has 0 saturated carbocycles. The van der Waals surface area contributed by atoms with E-state index in [1.54, 1.807) is 24.3 Å². The maximum Gasteiger partial charge on any atom is 0.335 e. The number of ether oxygens (including phenoxy) is 1. The highest BCUT2D eigenvalue weighted by Gasteiger charge is 2.10. The molecule has 0 saturated heterocycles. The zero-order valence-electron chi connectivity index (χ0n) is 13.0. The number of halogens is 2. The molecule has 0 aliphatic rings. The van der Waals surface area contributed by atoms with Gasteiger partial charge in [0, 0.05) is 0 Å². The lowest BCUT2D eigenvalue weighted by Crippen LogP contribution is -1.98. The second-order valence-electron chi connectivity index (χ2n) is 4.97. The third kappa shape index (κ3) is 5.06. The zero-order chi connectivity index (χ0) is 18.4. The second-order valence-corrected chi connectivity index (χ2v) is 7.29. The molecule has 0 aromatic heterocycles. The van der Waals surface area contributed by atoms with Gasteiger partial charge in [0.15, 0.2) is 0 Å². The quantitative estimate of drug-likeness (QED) is 0.229. The van der Waals surface area contributed by atoms with Crippen molar-refractivity contribution in [3.05, 3.63) is 72.9 Å². The van der Waals surface area contributed by atoms with E-state index in [9.17, 15) is 10.1 Å². The maximum atomic E-state index is 10.9. The smallest absolute Gasteiger partial charge is 0.335 e. The van der Waals surface area contributed by atoms with E-state index in [2.05, 4.69) is 57.8 Å². The molecule has 2 aromatic carbocycles. The zero-order valence-corrected chi connectivity index (χ0v) is 17.3. The topological polar surface area (TPSA) is 70.3 Å². The molecule has 0 spiro atoms. The lowest BCUT2D eigenvalue weighted by atomic mass is 10.0. The van der Waals surface area contributed by atoms with Gasteiger partial charge in [0.05, 0.1) is 24.3 Å². The minimum atomic E-state index is -0.992. The van der Waals surface area contributed by atoms with Crippen LogP contribution in [0.25, 0.3) is 11.6 Å². The predicted molar refractivity (Wildman–Crippen MR) is 114 cm³/mol. The number of carbonyl (C=O) groups is 1. The monoisotopic (exact) mass is 557 g/mol. The van der Waals surface area contributed by atoms with Crippen LogP contribution in [0.15, 0.2) is 49.1 Å². The van der Waals surface area contributed by atoms with Gasteiger partial charge in [0.2, 0.25) is 0 Å². The van der Waals surface area contributed by atoms with Crippen molar-refractivity contribution in [3.8, 4) is 11.8 Å². The standard InChI is InChI=1S/C19H13I2NO3/c1-2-7-25-18-16(20)9-12(10-17(18)21)8-15(11-22)13-3-5-14(6-4-13)19(23)24/h2-6,8-10H,1,7H2,(H,23,24)/b15-8-. The molecule has 0 aliphatic carbocycles. The van der Waals surface area contributed by atoms with E-state index in [0.29, 0.717) is 17.7 Å². The van der Waals surface area contributed by atoms with Crippen LogP contribution in [-0.4, -0.2) is 17.7 Å².